The van der Waals surface area contributed by atoms with Crippen molar-refractivity contribution in [3.8, 4) is 0 Å². The fourth-order valence-corrected chi connectivity index (χ4v) is 4.50. The number of nitrogens with one attached hydrogen (secondary N) is 2. The van der Waals surface area contributed by atoms with E-state index in [1.807, 2.05) is 48.5 Å². The molecular weight excluding hydrogens is 464 g/mol. The molecule has 9 heteroatoms. The van der Waals surface area contributed by atoms with Gasteiger partial charge in [0.1, 0.15) is 11.9 Å². The summed E-state index contributed by atoms with van der Waals surface area (Å²) in [6, 6.07) is 21.1. The number of benzene rings is 2. The highest BCUT2D eigenvalue weighted by molar-refractivity contribution is 6.30. The molecule has 0 unspecified atom stereocenters. The maximum atomic E-state index is 13.4. The van der Waals surface area contributed by atoms with Gasteiger partial charge >= 0.3 is 0 Å². The summed E-state index contributed by atoms with van der Waals surface area (Å²) in [5, 5.41) is 6.40. The Balaban J connectivity index is 1.34. The van der Waals surface area contributed by atoms with Crippen LogP contribution in [-0.2, 0) is 9.59 Å². The number of amides is 2. The van der Waals surface area contributed by atoms with Crippen molar-refractivity contribution in [3.05, 3.63) is 89.6 Å². The molecule has 8 nitrogen and oxygen atoms in total. The molecule has 2 N–H and O–H groups in total. The van der Waals surface area contributed by atoms with E-state index < -0.39 is 12.0 Å². The first-order chi connectivity index (χ1) is 17.1. The van der Waals surface area contributed by atoms with E-state index in [-0.39, 0.29) is 11.8 Å². The van der Waals surface area contributed by atoms with Gasteiger partial charge in [-0.2, -0.15) is 0 Å². The van der Waals surface area contributed by atoms with Gasteiger partial charge in [0.25, 0.3) is 5.91 Å². The minimum atomic E-state index is -0.867. The van der Waals surface area contributed by atoms with Crippen molar-refractivity contribution >= 4 is 40.9 Å². The van der Waals surface area contributed by atoms with Crippen molar-refractivity contribution < 1.29 is 9.59 Å². The normalized spacial score (nSPS) is 18.6. The van der Waals surface area contributed by atoms with Crippen LogP contribution < -0.4 is 15.5 Å². The third kappa shape index (κ3) is 5.12. The Hall–Kier alpha value is -3.91. The molecule has 2 aromatic carbocycles. The fourth-order valence-electron chi connectivity index (χ4n) is 4.37. The molecule has 0 spiro atoms. The predicted octanol–water partition coefficient (Wildman–Crippen LogP) is 3.13. The number of guanidine groups is 1. The molecule has 2 aliphatic rings. The second-order valence-corrected chi connectivity index (χ2v) is 8.87. The van der Waals surface area contributed by atoms with Gasteiger partial charge in [-0.05, 0) is 42.0 Å². The first-order valence-electron chi connectivity index (χ1n) is 11.5. The highest BCUT2D eigenvalue weighted by Gasteiger charge is 2.40. The van der Waals surface area contributed by atoms with Gasteiger partial charge in [-0.15, -0.1) is 0 Å². The van der Waals surface area contributed by atoms with Crippen molar-refractivity contribution in [1.29, 1.82) is 0 Å². The Kier molecular flexibility index (Phi) is 6.63. The number of carbonyl (C=O) groups is 2. The molecule has 5 rings (SSSR count). The first-order valence-corrected chi connectivity index (χ1v) is 11.9. The van der Waals surface area contributed by atoms with Crippen molar-refractivity contribution in [1.82, 2.24) is 15.2 Å². The summed E-state index contributed by atoms with van der Waals surface area (Å²) in [6.45, 7) is 2.90. The second-order valence-electron chi connectivity index (χ2n) is 8.43. The van der Waals surface area contributed by atoms with Crippen LogP contribution in [0, 0.1) is 0 Å². The molecule has 3 heterocycles. The number of halogens is 1. The Morgan fingerprint density at radius 3 is 2.31 bits per heavy atom. The minimum absolute atomic E-state index is 0.285. The molecule has 1 saturated heterocycles. The van der Waals surface area contributed by atoms with Crippen LogP contribution in [0.25, 0.3) is 0 Å². The van der Waals surface area contributed by atoms with Crippen LogP contribution in [0.15, 0.2) is 84.0 Å². The molecule has 3 aromatic rings. The lowest BCUT2D eigenvalue weighted by Crippen LogP contribution is -2.52. The Morgan fingerprint density at radius 1 is 0.943 bits per heavy atom. The van der Waals surface area contributed by atoms with Crippen LogP contribution in [0.3, 0.4) is 0 Å². The molecule has 1 fully saturated rings. The maximum absolute atomic E-state index is 13.4. The summed E-state index contributed by atoms with van der Waals surface area (Å²) < 4.78 is 0. The number of aliphatic imine (C=N–C) groups is 1. The molecule has 0 saturated carbocycles. The van der Waals surface area contributed by atoms with Gasteiger partial charge in [-0.1, -0.05) is 48.0 Å². The van der Waals surface area contributed by atoms with E-state index in [1.165, 1.54) is 0 Å². The molecule has 178 valence electrons. The molecule has 2 atom stereocenters. The number of hydrogen-bond donors (Lipinski definition) is 2. The topological polar surface area (TPSA) is 89.9 Å². The lowest BCUT2D eigenvalue weighted by atomic mass is 9.90. The zero-order valence-electron chi connectivity index (χ0n) is 19.0. The summed E-state index contributed by atoms with van der Waals surface area (Å²) in [4.78, 5) is 39.8. The van der Waals surface area contributed by atoms with Crippen LogP contribution in [0.1, 0.15) is 11.5 Å². The van der Waals surface area contributed by atoms with Gasteiger partial charge in [0.2, 0.25) is 11.9 Å². The van der Waals surface area contributed by atoms with Gasteiger partial charge in [0, 0.05) is 43.1 Å². The molecular formula is C26H25ClN6O2. The van der Waals surface area contributed by atoms with Crippen LogP contribution in [-0.4, -0.2) is 59.9 Å². The summed E-state index contributed by atoms with van der Waals surface area (Å²) in [6.07, 6.45) is 1.78. The van der Waals surface area contributed by atoms with Crippen molar-refractivity contribution in [2.24, 2.45) is 4.99 Å². The average molecular weight is 489 g/mol. The number of nitrogens with zero attached hydrogens (tertiary/aromatic N) is 4. The van der Waals surface area contributed by atoms with E-state index in [0.717, 1.165) is 24.5 Å². The fraction of sp³-hybridized carbons (Fsp3) is 0.231. The highest BCUT2D eigenvalue weighted by Crippen LogP contribution is 2.27. The van der Waals surface area contributed by atoms with Crippen molar-refractivity contribution in [2.75, 3.05) is 36.4 Å². The Bertz CT molecular complexity index is 1210. The third-order valence-corrected chi connectivity index (χ3v) is 6.44. The zero-order chi connectivity index (χ0) is 24.2. The number of rotatable bonds is 5. The van der Waals surface area contributed by atoms with E-state index >= 15 is 0 Å². The van der Waals surface area contributed by atoms with Crippen LogP contribution >= 0.6 is 11.6 Å². The third-order valence-electron chi connectivity index (χ3n) is 6.19. The second kappa shape index (κ2) is 10.1. The Morgan fingerprint density at radius 2 is 1.63 bits per heavy atom. The van der Waals surface area contributed by atoms with E-state index in [0.29, 0.717) is 29.8 Å². The predicted molar refractivity (Wildman–Crippen MR) is 137 cm³/mol. The first kappa shape index (κ1) is 22.9. The molecule has 2 amide bonds. The number of aromatic nitrogens is 1. The summed E-state index contributed by atoms with van der Waals surface area (Å²) in [7, 11) is 0. The zero-order valence-corrected chi connectivity index (χ0v) is 19.7. The molecule has 0 radical (unpaired) electrons. The van der Waals surface area contributed by atoms with Crippen LogP contribution in [0.4, 0.5) is 11.5 Å². The SMILES string of the molecule is O=C1NC(N2CCN(c3ccccn3)CC2)=N[C@H]1[C@@H](C(=O)Nc1ccc(Cl)cc1)c1ccccc1. The lowest BCUT2D eigenvalue weighted by molar-refractivity contribution is -0.125. The highest BCUT2D eigenvalue weighted by atomic mass is 35.5. The van der Waals surface area contributed by atoms with Gasteiger partial charge in [0.05, 0.1) is 5.92 Å². The smallest absolute Gasteiger partial charge is 0.252 e. The Labute approximate surface area is 208 Å². The van der Waals surface area contributed by atoms with E-state index in [9.17, 15) is 9.59 Å². The van der Waals surface area contributed by atoms with Gasteiger partial charge in [0.15, 0.2) is 0 Å². The van der Waals surface area contributed by atoms with Crippen LogP contribution in [0.2, 0.25) is 5.02 Å². The number of anilines is 2. The number of carbonyl (C=O) groups excluding carboxylic acids is 2. The van der Waals surface area contributed by atoms with Gasteiger partial charge in [-0.3, -0.25) is 14.9 Å². The number of pyridine rings is 1. The molecule has 1 aromatic heterocycles. The monoisotopic (exact) mass is 488 g/mol. The largest absolute Gasteiger partial charge is 0.353 e. The molecule has 35 heavy (non-hydrogen) atoms. The van der Waals surface area contributed by atoms with Crippen molar-refractivity contribution in [3.63, 3.8) is 0 Å². The molecule has 0 bridgehead atoms. The maximum Gasteiger partial charge on any atom is 0.252 e. The van der Waals surface area contributed by atoms with Crippen LogP contribution in [0.5, 0.6) is 0 Å². The lowest BCUT2D eigenvalue weighted by Gasteiger charge is -2.36. The number of piperazine rings is 1. The van der Waals surface area contributed by atoms with Gasteiger partial charge < -0.3 is 15.1 Å². The summed E-state index contributed by atoms with van der Waals surface area (Å²) in [5.74, 6) is 0.0847. The molecule has 0 aliphatic carbocycles. The van der Waals surface area contributed by atoms with E-state index in [1.54, 1.807) is 30.5 Å². The standard InChI is InChI=1S/C26H25ClN6O2/c27-19-9-11-20(12-10-19)29-24(34)22(18-6-2-1-3-7-18)23-25(35)31-26(30-23)33-16-14-32(15-17-33)21-8-4-5-13-28-21/h1-13,22-23H,14-17H2,(H,29,34)(H,30,31,35)/t22-,23-/m0/s1. The average Bonchev–Trinajstić information content (AvgIpc) is 3.28. The quantitative estimate of drug-likeness (QED) is 0.576. The van der Waals surface area contributed by atoms with E-state index in [2.05, 4.69) is 25.4 Å². The number of hydrogen-bond acceptors (Lipinski definition) is 6. The van der Waals surface area contributed by atoms with E-state index in [4.69, 9.17) is 16.6 Å². The van der Waals surface area contributed by atoms with Gasteiger partial charge in [-0.25, -0.2) is 9.98 Å². The van der Waals surface area contributed by atoms with Crippen molar-refractivity contribution in [2.45, 2.75) is 12.0 Å². The molecule has 2 aliphatic heterocycles. The minimum Gasteiger partial charge on any atom is -0.353 e. The summed E-state index contributed by atoms with van der Waals surface area (Å²) >= 11 is 5.97. The summed E-state index contributed by atoms with van der Waals surface area (Å²) in [5.41, 5.74) is 1.33.